The fourth-order valence-electron chi connectivity index (χ4n) is 8.78. The zero-order chi connectivity index (χ0) is 53.0. The van der Waals surface area contributed by atoms with Crippen molar-refractivity contribution in [2.24, 2.45) is 0 Å². The van der Waals surface area contributed by atoms with Crippen LogP contribution in [-0.2, 0) is 54.5 Å². The number of nitrogens with zero attached hydrogens (tertiary/aromatic N) is 16. The van der Waals surface area contributed by atoms with Gasteiger partial charge in [-0.3, -0.25) is 9.13 Å². The van der Waals surface area contributed by atoms with Gasteiger partial charge in [0.1, 0.15) is 23.2 Å². The Morgan fingerprint density at radius 2 is 1.07 bits per heavy atom. The zero-order valence-corrected chi connectivity index (χ0v) is 40.6. The third kappa shape index (κ3) is 10.5. The first-order valence-electron chi connectivity index (χ1n) is 24.1. The third-order valence-electron chi connectivity index (χ3n) is 12.5. The highest BCUT2D eigenvalue weighted by Crippen LogP contribution is 2.42. The highest BCUT2D eigenvalue weighted by molar-refractivity contribution is 5.92. The molecule has 6 aromatic heterocycles. The second-order valence-corrected chi connectivity index (χ2v) is 17.6. The van der Waals surface area contributed by atoms with Crippen LogP contribution >= 0.6 is 0 Å². The molecular weight excluding hydrogens is 993 g/mol. The van der Waals surface area contributed by atoms with Crippen LogP contribution in [0.15, 0.2) is 85.5 Å². The standard InChI is InChI=1S/C46H52N20O10/c1-3-65-59-39(57-61-65)33-31(71)35(43(75-33)63-21-49-29-37(47)53-45(55-41(29)63)51-25(19-67)17-23-11-7-5-8-12-23)73-27(69)15-16-28(70)74-36-32(72)34(40-58-62-66(4-2)60-40)76-44(36)64-22-50-30-38(48)54-46(56-42(30)64)52-26(20-68)18-24-13-9-6-10-14-24/h5-16,21-22,25-26,31-36,43-44,67-68,71-72H,3-4,17-20H2,1-2H3,(H3,47,51,53,55)(H3,48,52,54,56)/b16-15-/t25-,26-,31?,32?,33?,34?,35?,36?,43?,44?/m0/s1. The molecular formula is C46H52N20O10. The van der Waals surface area contributed by atoms with Gasteiger partial charge in [0.15, 0.2) is 59.8 Å². The molecule has 2 aliphatic rings. The first kappa shape index (κ1) is 50.8. The molecule has 30 nitrogen and oxygen atoms in total. The molecule has 0 radical (unpaired) electrons. The van der Waals surface area contributed by atoms with Crippen molar-refractivity contribution in [2.75, 3.05) is 35.3 Å². The summed E-state index contributed by atoms with van der Waals surface area (Å²) >= 11 is 0. The van der Waals surface area contributed by atoms with Gasteiger partial charge in [-0.1, -0.05) is 60.7 Å². The van der Waals surface area contributed by atoms with Gasteiger partial charge < -0.3 is 61.5 Å². The lowest BCUT2D eigenvalue weighted by atomic mass is 10.1. The smallest absolute Gasteiger partial charge is 0.331 e. The monoisotopic (exact) mass is 1040 g/mol. The lowest BCUT2D eigenvalue weighted by Gasteiger charge is -2.22. The van der Waals surface area contributed by atoms with Gasteiger partial charge in [0.05, 0.1) is 51.0 Å². The van der Waals surface area contributed by atoms with E-state index in [1.165, 1.54) is 31.4 Å². The molecule has 0 saturated carbocycles. The molecule has 76 heavy (non-hydrogen) atoms. The second kappa shape index (κ2) is 22.0. The lowest BCUT2D eigenvalue weighted by molar-refractivity contribution is -0.155. The molecule has 0 amide bonds. The number of aliphatic hydroxyl groups excluding tert-OH is 4. The molecule has 10 rings (SSSR count). The van der Waals surface area contributed by atoms with Crippen LogP contribution in [0.2, 0.25) is 0 Å². The van der Waals surface area contributed by atoms with Gasteiger partial charge in [0, 0.05) is 12.2 Å². The minimum absolute atomic E-state index is 0.0213. The summed E-state index contributed by atoms with van der Waals surface area (Å²) in [6.45, 7) is 3.72. The molecule has 2 fully saturated rings. The number of carbonyl (C=O) groups is 2. The SMILES string of the molecule is CCn1nnc(C2OC(n3cnc4c(N)nc(N[C@H](CO)Cc5ccccc5)nc43)C(OC(=O)/C=C\C(=O)OC3C(O)C(c4nnn(CC)n4)OC3n3cnc4c(N)nc(N[C@H](CO)Cc5ccccc5)nc43)C2O)n1. The molecule has 396 valence electrons. The number of ether oxygens (including phenoxy) is 4. The number of hydrogen-bond donors (Lipinski definition) is 8. The lowest BCUT2D eigenvalue weighted by Crippen LogP contribution is -2.35. The van der Waals surface area contributed by atoms with Crippen LogP contribution in [0.3, 0.4) is 0 Å². The Hall–Kier alpha value is -8.68. The fraction of sp³-hybridized carbons (Fsp3) is 0.391. The number of imidazole rings is 2. The zero-order valence-electron chi connectivity index (χ0n) is 40.6. The van der Waals surface area contributed by atoms with Gasteiger partial charge in [-0.25, -0.2) is 19.6 Å². The van der Waals surface area contributed by atoms with Crippen LogP contribution in [0, 0.1) is 0 Å². The first-order chi connectivity index (χ1) is 36.9. The highest BCUT2D eigenvalue weighted by atomic mass is 16.6. The Labute approximate surface area is 429 Å². The van der Waals surface area contributed by atoms with E-state index in [-0.39, 0.29) is 70.7 Å². The Balaban J connectivity index is 0.901. The highest BCUT2D eigenvalue weighted by Gasteiger charge is 2.52. The third-order valence-corrected chi connectivity index (χ3v) is 12.5. The average molecular weight is 1050 g/mol. The number of nitrogens with two attached hydrogens (primary N) is 2. The van der Waals surface area contributed by atoms with Crippen LogP contribution in [0.4, 0.5) is 23.5 Å². The maximum atomic E-state index is 13.8. The predicted molar refractivity (Wildman–Crippen MR) is 262 cm³/mol. The number of nitrogens with one attached hydrogen (secondary N) is 2. The number of hydrogen-bond acceptors (Lipinski definition) is 26. The van der Waals surface area contributed by atoms with E-state index in [1.807, 2.05) is 60.7 Å². The number of aryl methyl sites for hydroxylation is 2. The molecule has 2 aliphatic heterocycles. The molecule has 0 aliphatic carbocycles. The maximum Gasteiger partial charge on any atom is 0.331 e. The number of tetrazole rings is 2. The normalized spacial score (nSPS) is 22.3. The number of fused-ring (bicyclic) bond motifs is 2. The summed E-state index contributed by atoms with van der Waals surface area (Å²) in [6.07, 6.45) is -6.63. The van der Waals surface area contributed by atoms with Crippen molar-refractivity contribution >= 4 is 57.8 Å². The molecule has 10 N–H and O–H groups in total. The Kier molecular flexibility index (Phi) is 14.7. The summed E-state index contributed by atoms with van der Waals surface area (Å²) in [6, 6.07) is 17.9. The van der Waals surface area contributed by atoms with Crippen molar-refractivity contribution in [3.05, 3.63) is 108 Å². The predicted octanol–water partition coefficient (Wildman–Crippen LogP) is -0.484. The van der Waals surface area contributed by atoms with Crippen LogP contribution in [0.25, 0.3) is 22.3 Å². The van der Waals surface area contributed by atoms with E-state index in [0.29, 0.717) is 25.9 Å². The molecule has 8 heterocycles. The minimum atomic E-state index is -1.62. The molecule has 10 atom stereocenters. The van der Waals surface area contributed by atoms with E-state index in [4.69, 9.17) is 30.4 Å². The number of rotatable bonds is 20. The van der Waals surface area contributed by atoms with Crippen molar-refractivity contribution in [1.29, 1.82) is 0 Å². The molecule has 0 bridgehead atoms. The van der Waals surface area contributed by atoms with Crippen molar-refractivity contribution in [3.8, 4) is 0 Å². The minimum Gasteiger partial charge on any atom is -0.451 e. The quantitative estimate of drug-likeness (QED) is 0.0353. The summed E-state index contributed by atoms with van der Waals surface area (Å²) < 4.78 is 27.0. The van der Waals surface area contributed by atoms with E-state index in [1.54, 1.807) is 13.8 Å². The molecule has 8 unspecified atom stereocenters. The van der Waals surface area contributed by atoms with Crippen molar-refractivity contribution < 1.29 is 49.0 Å². The van der Waals surface area contributed by atoms with E-state index in [0.717, 1.165) is 23.3 Å². The Bertz CT molecular complexity index is 3120. The van der Waals surface area contributed by atoms with Gasteiger partial charge in [0.25, 0.3) is 0 Å². The van der Waals surface area contributed by atoms with Gasteiger partial charge in [-0.05, 0) is 48.2 Å². The van der Waals surface area contributed by atoms with Gasteiger partial charge in [-0.2, -0.15) is 29.5 Å². The number of aliphatic hydroxyl groups is 4. The van der Waals surface area contributed by atoms with Gasteiger partial charge in [0.2, 0.25) is 23.5 Å². The topological polar surface area (TPSA) is 402 Å². The van der Waals surface area contributed by atoms with Crippen molar-refractivity contribution in [1.82, 2.24) is 79.5 Å². The number of aromatic nitrogens is 16. The van der Waals surface area contributed by atoms with E-state index >= 15 is 0 Å². The Morgan fingerprint density at radius 3 is 1.43 bits per heavy atom. The molecule has 8 aromatic rings. The van der Waals surface area contributed by atoms with Crippen LogP contribution in [0.1, 0.15) is 61.3 Å². The van der Waals surface area contributed by atoms with Gasteiger partial charge >= 0.3 is 11.9 Å². The molecule has 0 spiro atoms. The van der Waals surface area contributed by atoms with Crippen molar-refractivity contribution in [3.63, 3.8) is 0 Å². The number of anilines is 4. The molecule has 30 heteroatoms. The maximum absolute atomic E-state index is 13.8. The number of nitrogen functional groups attached to an aromatic ring is 2. The summed E-state index contributed by atoms with van der Waals surface area (Å²) in [4.78, 5) is 56.8. The fourth-order valence-corrected chi connectivity index (χ4v) is 8.78. The molecule has 2 aromatic carbocycles. The Morgan fingerprint density at radius 1 is 0.658 bits per heavy atom. The largest absolute Gasteiger partial charge is 0.451 e. The van der Waals surface area contributed by atoms with Crippen LogP contribution in [-0.4, -0.2) is 162 Å². The second-order valence-electron chi connectivity index (χ2n) is 17.6. The number of benzene rings is 2. The summed E-state index contributed by atoms with van der Waals surface area (Å²) in [5.41, 5.74) is 15.1. The number of esters is 2. The summed E-state index contributed by atoms with van der Waals surface area (Å²) in [5.74, 6) is -2.28. The number of carbonyl (C=O) groups excluding carboxylic acids is 2. The summed E-state index contributed by atoms with van der Waals surface area (Å²) in [5, 5.41) is 74.9. The van der Waals surface area contributed by atoms with E-state index in [2.05, 4.69) is 71.4 Å². The van der Waals surface area contributed by atoms with Crippen LogP contribution in [0.5, 0.6) is 0 Å². The average Bonchev–Trinajstić information content (AvgIpc) is 4.36. The molecule has 2 saturated heterocycles. The van der Waals surface area contributed by atoms with Crippen LogP contribution < -0.4 is 22.1 Å². The van der Waals surface area contributed by atoms with E-state index in [9.17, 15) is 30.0 Å². The van der Waals surface area contributed by atoms with E-state index < -0.39 is 73.1 Å². The first-order valence-corrected chi connectivity index (χ1v) is 24.1. The van der Waals surface area contributed by atoms with Crippen molar-refractivity contribution in [2.45, 2.75) is 101 Å². The van der Waals surface area contributed by atoms with Gasteiger partial charge in [-0.15, -0.1) is 20.4 Å². The summed E-state index contributed by atoms with van der Waals surface area (Å²) in [7, 11) is 0.